The molecule has 1 heterocycles. The number of allylic oxidation sites excluding steroid dienone is 2. The molecule has 0 fully saturated rings. The summed E-state index contributed by atoms with van der Waals surface area (Å²) in [5, 5.41) is 1.15. The Kier molecular flexibility index (Phi) is 4.66. The van der Waals surface area contributed by atoms with Crippen molar-refractivity contribution in [2.75, 3.05) is 5.75 Å². The zero-order valence-electron chi connectivity index (χ0n) is 10.7. The fraction of sp³-hybridized carbons (Fsp3) is 0.533. The van der Waals surface area contributed by atoms with Crippen molar-refractivity contribution in [2.45, 2.75) is 38.1 Å². The number of rotatable bonds is 4. The predicted octanol–water partition coefficient (Wildman–Crippen LogP) is 4.56. The van der Waals surface area contributed by atoms with Gasteiger partial charge in [0, 0.05) is 11.9 Å². The van der Waals surface area contributed by atoms with Gasteiger partial charge in [0.05, 0.1) is 5.03 Å². The molecule has 0 bridgehead atoms. The van der Waals surface area contributed by atoms with E-state index in [9.17, 15) is 0 Å². The van der Waals surface area contributed by atoms with Crippen molar-refractivity contribution in [3.05, 3.63) is 36.0 Å². The zero-order valence-corrected chi connectivity index (χ0v) is 11.5. The topological polar surface area (TPSA) is 12.9 Å². The molecule has 1 aromatic heterocycles. The van der Waals surface area contributed by atoms with Crippen LogP contribution in [-0.4, -0.2) is 10.7 Å². The lowest BCUT2D eigenvalue weighted by atomic mass is 9.83. The second-order valence-corrected chi connectivity index (χ2v) is 6.08. The molecule has 2 heteroatoms. The van der Waals surface area contributed by atoms with Gasteiger partial charge in [-0.25, -0.2) is 4.98 Å². The van der Waals surface area contributed by atoms with Crippen LogP contribution >= 0.6 is 11.8 Å². The molecule has 0 amide bonds. The maximum Gasteiger partial charge on any atom is 0.0959 e. The van der Waals surface area contributed by atoms with E-state index in [0.29, 0.717) is 0 Å². The van der Waals surface area contributed by atoms with Gasteiger partial charge in [-0.1, -0.05) is 24.6 Å². The van der Waals surface area contributed by atoms with Crippen LogP contribution < -0.4 is 0 Å². The Morgan fingerprint density at radius 2 is 2.35 bits per heavy atom. The SMILES string of the molecule is CC1=CC[C@@H](C(C)CSc2ccccn2)CC1. The Labute approximate surface area is 109 Å². The number of thioether (sulfide) groups is 1. The highest BCUT2D eigenvalue weighted by Gasteiger charge is 2.19. The van der Waals surface area contributed by atoms with Gasteiger partial charge in [0.1, 0.15) is 0 Å². The third kappa shape index (κ3) is 3.88. The summed E-state index contributed by atoms with van der Waals surface area (Å²) in [4.78, 5) is 4.36. The van der Waals surface area contributed by atoms with E-state index in [-0.39, 0.29) is 0 Å². The van der Waals surface area contributed by atoms with Crippen LogP contribution in [0.2, 0.25) is 0 Å². The van der Waals surface area contributed by atoms with Gasteiger partial charge in [-0.3, -0.25) is 0 Å². The average molecular weight is 247 g/mol. The minimum absolute atomic E-state index is 0.784. The van der Waals surface area contributed by atoms with Crippen LogP contribution in [0.5, 0.6) is 0 Å². The Balaban J connectivity index is 1.80. The largest absolute Gasteiger partial charge is 0.250 e. The van der Waals surface area contributed by atoms with E-state index in [0.717, 1.165) is 16.9 Å². The monoisotopic (exact) mass is 247 g/mol. The molecule has 1 nitrogen and oxygen atoms in total. The summed E-state index contributed by atoms with van der Waals surface area (Å²) in [5.41, 5.74) is 1.57. The summed E-state index contributed by atoms with van der Waals surface area (Å²) >= 11 is 1.89. The fourth-order valence-electron chi connectivity index (χ4n) is 2.29. The number of hydrogen-bond acceptors (Lipinski definition) is 2. The Morgan fingerprint density at radius 3 is 3.00 bits per heavy atom. The van der Waals surface area contributed by atoms with Crippen LogP contribution in [0.25, 0.3) is 0 Å². The fourth-order valence-corrected chi connectivity index (χ4v) is 3.30. The number of hydrogen-bond donors (Lipinski definition) is 0. The predicted molar refractivity (Wildman–Crippen MR) is 75.2 cm³/mol. The van der Waals surface area contributed by atoms with E-state index < -0.39 is 0 Å². The van der Waals surface area contributed by atoms with Gasteiger partial charge in [-0.15, -0.1) is 11.8 Å². The van der Waals surface area contributed by atoms with Crippen molar-refractivity contribution in [1.29, 1.82) is 0 Å². The molecule has 0 spiro atoms. The highest BCUT2D eigenvalue weighted by Crippen LogP contribution is 2.32. The van der Waals surface area contributed by atoms with Gasteiger partial charge < -0.3 is 0 Å². The van der Waals surface area contributed by atoms with Gasteiger partial charge in [0.2, 0.25) is 0 Å². The van der Waals surface area contributed by atoms with Gasteiger partial charge in [-0.05, 0) is 50.2 Å². The summed E-state index contributed by atoms with van der Waals surface area (Å²) in [6.45, 7) is 4.64. The molecule has 0 saturated heterocycles. The van der Waals surface area contributed by atoms with E-state index in [1.807, 2.05) is 24.0 Å². The first kappa shape index (κ1) is 12.7. The molecule has 0 radical (unpaired) electrons. The Hall–Kier alpha value is -0.760. The quantitative estimate of drug-likeness (QED) is 0.571. The number of aromatic nitrogens is 1. The van der Waals surface area contributed by atoms with Crippen LogP contribution in [0.4, 0.5) is 0 Å². The van der Waals surface area contributed by atoms with E-state index in [2.05, 4.69) is 37.0 Å². The van der Waals surface area contributed by atoms with Crippen molar-refractivity contribution >= 4 is 11.8 Å². The van der Waals surface area contributed by atoms with Gasteiger partial charge >= 0.3 is 0 Å². The van der Waals surface area contributed by atoms with Gasteiger partial charge in [0.15, 0.2) is 0 Å². The molecular weight excluding hydrogens is 226 g/mol. The molecular formula is C15H21NS. The number of nitrogens with zero attached hydrogens (tertiary/aromatic N) is 1. The van der Waals surface area contributed by atoms with Crippen LogP contribution in [0, 0.1) is 11.8 Å². The highest BCUT2D eigenvalue weighted by atomic mass is 32.2. The second-order valence-electron chi connectivity index (χ2n) is 5.04. The summed E-state index contributed by atoms with van der Waals surface area (Å²) in [6, 6.07) is 6.14. The van der Waals surface area contributed by atoms with E-state index >= 15 is 0 Å². The molecule has 0 aromatic carbocycles. The molecule has 1 unspecified atom stereocenters. The molecule has 92 valence electrons. The molecule has 1 aliphatic rings. The van der Waals surface area contributed by atoms with Crippen molar-refractivity contribution in [3.8, 4) is 0 Å². The van der Waals surface area contributed by atoms with Crippen LogP contribution in [0.15, 0.2) is 41.1 Å². The summed E-state index contributed by atoms with van der Waals surface area (Å²) in [5.74, 6) is 2.84. The van der Waals surface area contributed by atoms with Crippen molar-refractivity contribution in [3.63, 3.8) is 0 Å². The first-order chi connectivity index (χ1) is 8.25. The normalized spacial score (nSPS) is 22.0. The lowest BCUT2D eigenvalue weighted by molar-refractivity contribution is 0.355. The first-order valence-electron chi connectivity index (χ1n) is 6.45. The summed E-state index contributed by atoms with van der Waals surface area (Å²) in [7, 11) is 0. The molecule has 0 saturated carbocycles. The first-order valence-corrected chi connectivity index (χ1v) is 7.43. The van der Waals surface area contributed by atoms with E-state index in [1.54, 1.807) is 5.57 Å². The van der Waals surface area contributed by atoms with Crippen LogP contribution in [-0.2, 0) is 0 Å². The smallest absolute Gasteiger partial charge is 0.0959 e. The van der Waals surface area contributed by atoms with E-state index in [1.165, 1.54) is 25.0 Å². The minimum atomic E-state index is 0.784. The third-order valence-corrected chi connectivity index (χ3v) is 4.84. The second kappa shape index (κ2) is 6.25. The molecule has 2 rings (SSSR count). The Bertz CT molecular complexity index is 372. The van der Waals surface area contributed by atoms with Crippen molar-refractivity contribution < 1.29 is 0 Å². The van der Waals surface area contributed by atoms with Gasteiger partial charge in [0.25, 0.3) is 0 Å². The van der Waals surface area contributed by atoms with Gasteiger partial charge in [-0.2, -0.15) is 0 Å². The standard InChI is InChI=1S/C15H21NS/c1-12-6-8-14(9-7-12)13(2)11-17-15-5-3-4-10-16-15/h3-6,10,13-14H,7-9,11H2,1-2H3/t13?,14-/m1/s1. The average Bonchev–Trinajstić information content (AvgIpc) is 2.38. The number of pyridine rings is 1. The molecule has 1 aliphatic carbocycles. The molecule has 2 atom stereocenters. The zero-order chi connectivity index (χ0) is 12.1. The highest BCUT2D eigenvalue weighted by molar-refractivity contribution is 7.99. The lowest BCUT2D eigenvalue weighted by Gasteiger charge is -2.26. The van der Waals surface area contributed by atoms with Crippen molar-refractivity contribution in [2.24, 2.45) is 11.8 Å². The maximum atomic E-state index is 4.36. The summed E-state index contributed by atoms with van der Waals surface area (Å²) in [6.07, 6.45) is 8.24. The molecule has 17 heavy (non-hydrogen) atoms. The maximum absolute atomic E-state index is 4.36. The third-order valence-electron chi connectivity index (χ3n) is 3.62. The van der Waals surface area contributed by atoms with Crippen molar-refractivity contribution in [1.82, 2.24) is 4.98 Å². The minimum Gasteiger partial charge on any atom is -0.250 e. The van der Waals surface area contributed by atoms with Crippen LogP contribution in [0.1, 0.15) is 33.1 Å². The Morgan fingerprint density at radius 1 is 1.47 bits per heavy atom. The molecule has 1 aromatic rings. The molecule has 0 N–H and O–H groups in total. The van der Waals surface area contributed by atoms with Crippen LogP contribution in [0.3, 0.4) is 0 Å². The summed E-state index contributed by atoms with van der Waals surface area (Å²) < 4.78 is 0. The lowest BCUT2D eigenvalue weighted by Crippen LogP contribution is -2.16. The van der Waals surface area contributed by atoms with E-state index in [4.69, 9.17) is 0 Å². The molecule has 0 aliphatic heterocycles.